The molecule has 5 nitrogen and oxygen atoms in total. The Bertz CT molecular complexity index is 689. The minimum absolute atomic E-state index is 0.0109. The van der Waals surface area contributed by atoms with E-state index in [-0.39, 0.29) is 11.3 Å². The molecule has 0 aliphatic carbocycles. The highest BCUT2D eigenvalue weighted by Crippen LogP contribution is 2.23. The predicted octanol–water partition coefficient (Wildman–Crippen LogP) is 1.32. The first-order valence-electron chi connectivity index (χ1n) is 5.66. The molecule has 0 aromatic heterocycles. The van der Waals surface area contributed by atoms with Crippen molar-refractivity contribution < 1.29 is 13.2 Å². The summed E-state index contributed by atoms with van der Waals surface area (Å²) in [6, 6.07) is 4.75. The van der Waals surface area contributed by atoms with Crippen LogP contribution in [0.25, 0.3) is 0 Å². The van der Waals surface area contributed by atoms with Crippen molar-refractivity contribution in [3.05, 3.63) is 41.7 Å². The normalized spacial score (nSPS) is 18.5. The maximum absolute atomic E-state index is 12.5. The zero-order valence-electron chi connectivity index (χ0n) is 10.3. The Balaban J connectivity index is 2.44. The van der Waals surface area contributed by atoms with Crippen molar-refractivity contribution in [2.45, 2.75) is 17.4 Å². The molecule has 2 rings (SSSR count). The molecule has 1 aliphatic rings. The van der Waals surface area contributed by atoms with Gasteiger partial charge < -0.3 is 5.32 Å². The van der Waals surface area contributed by atoms with E-state index < -0.39 is 22.0 Å². The largest absolute Gasteiger partial charge is 0.329 e. The van der Waals surface area contributed by atoms with Gasteiger partial charge in [0, 0.05) is 23.8 Å². The van der Waals surface area contributed by atoms with E-state index in [1.54, 1.807) is 0 Å². The highest BCUT2D eigenvalue weighted by atomic mass is 35.5. The van der Waals surface area contributed by atoms with Crippen molar-refractivity contribution in [3.63, 3.8) is 0 Å². The summed E-state index contributed by atoms with van der Waals surface area (Å²) in [7, 11) is -3.85. The van der Waals surface area contributed by atoms with Crippen molar-refractivity contribution >= 4 is 27.5 Å². The van der Waals surface area contributed by atoms with Crippen LogP contribution in [0.1, 0.15) is 6.42 Å². The second-order valence-corrected chi connectivity index (χ2v) is 6.32. The molecule has 0 bridgehead atoms. The summed E-state index contributed by atoms with van der Waals surface area (Å²) in [6.45, 7) is 0. The summed E-state index contributed by atoms with van der Waals surface area (Å²) in [4.78, 5) is 11.8. The molecule has 20 heavy (non-hydrogen) atoms. The Morgan fingerprint density at radius 1 is 1.35 bits per heavy atom. The van der Waals surface area contributed by atoms with E-state index in [9.17, 15) is 13.2 Å². The number of hydrogen-bond acceptors (Lipinski definition) is 3. The Morgan fingerprint density at radius 3 is 2.60 bits per heavy atom. The molecule has 0 radical (unpaired) electrons. The third kappa shape index (κ3) is 2.64. The first-order chi connectivity index (χ1) is 9.46. The molecule has 0 spiro atoms. The van der Waals surface area contributed by atoms with Gasteiger partial charge >= 0.3 is 0 Å². The van der Waals surface area contributed by atoms with Gasteiger partial charge in [-0.3, -0.25) is 9.10 Å². The van der Waals surface area contributed by atoms with E-state index in [1.807, 2.05) is 0 Å². The Hall–Kier alpha value is -1.97. The van der Waals surface area contributed by atoms with Gasteiger partial charge in [0.15, 0.2) is 0 Å². The summed E-state index contributed by atoms with van der Waals surface area (Å²) in [6.07, 6.45) is 7.73. The number of carbonyl (C=O) groups excluding carboxylic acids is 1. The lowest BCUT2D eigenvalue weighted by Crippen LogP contribution is -2.48. The van der Waals surface area contributed by atoms with Gasteiger partial charge in [-0.25, -0.2) is 8.42 Å². The molecule has 7 heteroatoms. The van der Waals surface area contributed by atoms with Crippen LogP contribution >= 0.6 is 11.6 Å². The Labute approximate surface area is 122 Å². The maximum Gasteiger partial charge on any atom is 0.264 e. The molecular formula is C13H11ClN2O3S. The van der Waals surface area contributed by atoms with E-state index in [0.29, 0.717) is 5.02 Å². The number of rotatable bonds is 3. The number of amides is 1. The van der Waals surface area contributed by atoms with E-state index in [1.165, 1.54) is 36.7 Å². The molecule has 1 N–H and O–H groups in total. The number of benzene rings is 1. The summed E-state index contributed by atoms with van der Waals surface area (Å²) in [5, 5.41) is 2.86. The molecule has 1 heterocycles. The smallest absolute Gasteiger partial charge is 0.264 e. The third-order valence-electron chi connectivity index (χ3n) is 2.76. The minimum Gasteiger partial charge on any atom is -0.329 e. The predicted molar refractivity (Wildman–Crippen MR) is 75.0 cm³/mol. The van der Waals surface area contributed by atoms with Crippen LogP contribution in [-0.2, 0) is 14.8 Å². The lowest BCUT2D eigenvalue weighted by molar-refractivity contribution is -0.123. The van der Waals surface area contributed by atoms with Gasteiger partial charge in [-0.05, 0) is 24.3 Å². The van der Waals surface area contributed by atoms with Gasteiger partial charge in [-0.1, -0.05) is 11.6 Å². The second-order valence-electron chi connectivity index (χ2n) is 4.04. The molecule has 0 unspecified atom stereocenters. The SMILES string of the molecule is C#CC[C@@H]1C(=O)NC=CN1S(=O)(=O)c1ccc(Cl)cc1. The second kappa shape index (κ2) is 5.57. The van der Waals surface area contributed by atoms with Crippen LogP contribution in [0.4, 0.5) is 0 Å². The van der Waals surface area contributed by atoms with Crippen LogP contribution in [0.3, 0.4) is 0 Å². The lowest BCUT2D eigenvalue weighted by atomic mass is 10.2. The van der Waals surface area contributed by atoms with Crippen LogP contribution in [-0.4, -0.2) is 24.7 Å². The first-order valence-corrected chi connectivity index (χ1v) is 7.48. The number of terminal acetylenes is 1. The van der Waals surface area contributed by atoms with Crippen molar-refractivity contribution in [3.8, 4) is 12.3 Å². The quantitative estimate of drug-likeness (QED) is 0.856. The van der Waals surface area contributed by atoms with E-state index in [4.69, 9.17) is 18.0 Å². The highest BCUT2D eigenvalue weighted by Gasteiger charge is 2.34. The summed E-state index contributed by atoms with van der Waals surface area (Å²) >= 11 is 5.74. The number of nitrogens with one attached hydrogen (secondary N) is 1. The third-order valence-corrected chi connectivity index (χ3v) is 4.81. The van der Waals surface area contributed by atoms with Crippen molar-refractivity contribution in [1.29, 1.82) is 0 Å². The van der Waals surface area contributed by atoms with E-state index in [2.05, 4.69) is 11.2 Å². The summed E-state index contributed by atoms with van der Waals surface area (Å²) in [5.74, 6) is 1.85. The molecule has 0 saturated heterocycles. The van der Waals surface area contributed by atoms with Crippen molar-refractivity contribution in [2.75, 3.05) is 0 Å². The van der Waals surface area contributed by atoms with Gasteiger partial charge in [0.25, 0.3) is 10.0 Å². The van der Waals surface area contributed by atoms with Crippen LogP contribution in [0.2, 0.25) is 5.02 Å². The van der Waals surface area contributed by atoms with Gasteiger partial charge in [0.05, 0.1) is 4.90 Å². The number of halogens is 1. The fourth-order valence-corrected chi connectivity index (χ4v) is 3.35. The van der Waals surface area contributed by atoms with Crippen LogP contribution in [0.15, 0.2) is 41.6 Å². The average molecular weight is 311 g/mol. The first kappa shape index (κ1) is 14.4. The fraction of sp³-hybridized carbons (Fsp3) is 0.154. The number of sulfonamides is 1. The molecule has 1 aromatic carbocycles. The summed E-state index contributed by atoms with van der Waals surface area (Å²) < 4.78 is 26.0. The monoisotopic (exact) mass is 310 g/mol. The van der Waals surface area contributed by atoms with Gasteiger partial charge in [0.1, 0.15) is 6.04 Å². The van der Waals surface area contributed by atoms with Crippen LogP contribution < -0.4 is 5.32 Å². The number of hydrogen-bond donors (Lipinski definition) is 1. The molecule has 104 valence electrons. The summed E-state index contributed by atoms with van der Waals surface area (Å²) in [5.41, 5.74) is 0. The highest BCUT2D eigenvalue weighted by molar-refractivity contribution is 7.89. The number of nitrogens with zero attached hydrogens (tertiary/aromatic N) is 1. The van der Waals surface area contributed by atoms with Gasteiger partial charge in [0.2, 0.25) is 5.91 Å². The van der Waals surface area contributed by atoms with E-state index >= 15 is 0 Å². The molecule has 1 atom stereocenters. The lowest BCUT2D eigenvalue weighted by Gasteiger charge is -2.30. The zero-order valence-corrected chi connectivity index (χ0v) is 11.9. The molecule has 1 aliphatic heterocycles. The molecule has 0 fully saturated rings. The van der Waals surface area contributed by atoms with E-state index in [0.717, 1.165) is 4.31 Å². The Morgan fingerprint density at radius 2 is 2.00 bits per heavy atom. The fourth-order valence-electron chi connectivity index (χ4n) is 1.78. The van der Waals surface area contributed by atoms with Crippen LogP contribution in [0.5, 0.6) is 0 Å². The zero-order chi connectivity index (χ0) is 14.8. The molecule has 0 saturated carbocycles. The van der Waals surface area contributed by atoms with Crippen molar-refractivity contribution in [1.82, 2.24) is 9.62 Å². The maximum atomic E-state index is 12.5. The Kier molecular flexibility index (Phi) is 4.02. The van der Waals surface area contributed by atoms with Gasteiger partial charge in [-0.15, -0.1) is 12.3 Å². The van der Waals surface area contributed by atoms with Crippen molar-refractivity contribution in [2.24, 2.45) is 0 Å². The topological polar surface area (TPSA) is 66.5 Å². The standard InChI is InChI=1S/C13H11ClN2O3S/c1-2-3-12-13(17)15-8-9-16(12)20(18,19)11-6-4-10(14)5-7-11/h1,4-9,12H,3H2,(H,15,17)/t12-/m1/s1. The molecule has 1 amide bonds. The minimum atomic E-state index is -3.85. The number of carbonyl (C=O) groups is 1. The average Bonchev–Trinajstić information content (AvgIpc) is 2.41. The molecular weight excluding hydrogens is 300 g/mol. The van der Waals surface area contributed by atoms with Crippen LogP contribution in [0, 0.1) is 12.3 Å². The van der Waals surface area contributed by atoms with Gasteiger partial charge in [-0.2, -0.15) is 0 Å². The molecule has 1 aromatic rings.